The number of carbonyl (C=O) groups is 1. The third-order valence-electron chi connectivity index (χ3n) is 4.15. The Labute approximate surface area is 121 Å². The number of rotatable bonds is 2. The van der Waals surface area contributed by atoms with Crippen LogP contribution in [0.4, 0.5) is 0 Å². The van der Waals surface area contributed by atoms with Crippen molar-refractivity contribution in [2.24, 2.45) is 5.73 Å². The van der Waals surface area contributed by atoms with E-state index in [2.05, 4.69) is 26.1 Å². The molecule has 3 heteroatoms. The number of nitrogens with one attached hydrogen (secondary N) is 1. The van der Waals surface area contributed by atoms with Gasteiger partial charge in [-0.15, -0.1) is 0 Å². The van der Waals surface area contributed by atoms with Crippen molar-refractivity contribution in [1.29, 1.82) is 0 Å². The molecule has 1 aliphatic rings. The SMILES string of the molecule is CC(C)(C)c1ccc(C(=O)NC2CCCCC2N)cc1. The summed E-state index contributed by atoms with van der Waals surface area (Å²) in [6, 6.07) is 8.11. The van der Waals surface area contributed by atoms with Crippen molar-refractivity contribution in [3.05, 3.63) is 35.4 Å². The second-order valence-corrected chi connectivity index (χ2v) is 6.86. The van der Waals surface area contributed by atoms with Gasteiger partial charge >= 0.3 is 0 Å². The van der Waals surface area contributed by atoms with Crippen LogP contribution < -0.4 is 11.1 Å². The Morgan fingerprint density at radius 2 is 1.75 bits per heavy atom. The van der Waals surface area contributed by atoms with Crippen molar-refractivity contribution in [1.82, 2.24) is 5.32 Å². The van der Waals surface area contributed by atoms with Gasteiger partial charge in [0.25, 0.3) is 5.91 Å². The lowest BCUT2D eigenvalue weighted by molar-refractivity contribution is 0.0921. The topological polar surface area (TPSA) is 55.1 Å². The highest BCUT2D eigenvalue weighted by atomic mass is 16.1. The van der Waals surface area contributed by atoms with Crippen LogP contribution in [0.5, 0.6) is 0 Å². The fourth-order valence-electron chi connectivity index (χ4n) is 2.71. The molecule has 0 aliphatic heterocycles. The maximum atomic E-state index is 12.3. The maximum absolute atomic E-state index is 12.3. The first kappa shape index (κ1) is 15.0. The van der Waals surface area contributed by atoms with E-state index in [-0.39, 0.29) is 23.4 Å². The van der Waals surface area contributed by atoms with E-state index in [1.165, 1.54) is 12.0 Å². The van der Waals surface area contributed by atoms with Gasteiger partial charge in [-0.25, -0.2) is 0 Å². The molecular formula is C17H26N2O. The Kier molecular flexibility index (Phi) is 4.48. The Balaban J connectivity index is 2.02. The predicted molar refractivity (Wildman–Crippen MR) is 82.8 cm³/mol. The summed E-state index contributed by atoms with van der Waals surface area (Å²) in [4.78, 5) is 12.3. The van der Waals surface area contributed by atoms with Gasteiger partial charge in [-0.3, -0.25) is 4.79 Å². The van der Waals surface area contributed by atoms with E-state index in [1.807, 2.05) is 24.3 Å². The molecule has 0 bridgehead atoms. The summed E-state index contributed by atoms with van der Waals surface area (Å²) in [6.07, 6.45) is 4.33. The molecule has 20 heavy (non-hydrogen) atoms. The van der Waals surface area contributed by atoms with Gasteiger partial charge in [-0.05, 0) is 36.0 Å². The lowest BCUT2D eigenvalue weighted by Gasteiger charge is -2.29. The standard InChI is InChI=1S/C17H26N2O/c1-17(2,3)13-10-8-12(9-11-13)16(20)19-15-7-5-4-6-14(15)18/h8-11,14-15H,4-7,18H2,1-3H3,(H,19,20). The van der Waals surface area contributed by atoms with Gasteiger partial charge in [0.05, 0.1) is 0 Å². The molecule has 3 nitrogen and oxygen atoms in total. The molecule has 1 aliphatic carbocycles. The zero-order valence-corrected chi connectivity index (χ0v) is 12.8. The first-order valence-corrected chi connectivity index (χ1v) is 7.55. The van der Waals surface area contributed by atoms with Crippen molar-refractivity contribution in [3.8, 4) is 0 Å². The third-order valence-corrected chi connectivity index (χ3v) is 4.15. The summed E-state index contributed by atoms with van der Waals surface area (Å²) in [5, 5.41) is 3.08. The molecule has 2 atom stereocenters. The highest BCUT2D eigenvalue weighted by Crippen LogP contribution is 2.22. The lowest BCUT2D eigenvalue weighted by Crippen LogP contribution is -2.49. The molecule has 0 aromatic heterocycles. The summed E-state index contributed by atoms with van der Waals surface area (Å²) < 4.78 is 0. The van der Waals surface area contributed by atoms with Gasteiger partial charge in [-0.2, -0.15) is 0 Å². The second kappa shape index (κ2) is 5.96. The summed E-state index contributed by atoms with van der Waals surface area (Å²) in [6.45, 7) is 6.51. The van der Waals surface area contributed by atoms with Gasteiger partial charge in [0.2, 0.25) is 0 Å². The minimum atomic E-state index is -0.00666. The molecular weight excluding hydrogens is 248 g/mol. The van der Waals surface area contributed by atoms with Gasteiger partial charge < -0.3 is 11.1 Å². The van der Waals surface area contributed by atoms with Crippen molar-refractivity contribution >= 4 is 5.91 Å². The van der Waals surface area contributed by atoms with Crippen LogP contribution in [0.3, 0.4) is 0 Å². The van der Waals surface area contributed by atoms with E-state index in [0.29, 0.717) is 0 Å². The molecule has 0 saturated heterocycles. The molecule has 1 aromatic rings. The Hall–Kier alpha value is -1.35. The Bertz CT molecular complexity index is 459. The smallest absolute Gasteiger partial charge is 0.251 e. The minimum Gasteiger partial charge on any atom is -0.348 e. The average Bonchev–Trinajstić information content (AvgIpc) is 2.40. The minimum absolute atomic E-state index is 0.00666. The second-order valence-electron chi connectivity index (χ2n) is 6.86. The number of nitrogens with two attached hydrogens (primary N) is 1. The van der Waals surface area contributed by atoms with E-state index in [0.717, 1.165) is 24.8 Å². The fraction of sp³-hybridized carbons (Fsp3) is 0.588. The molecule has 0 heterocycles. The zero-order chi connectivity index (χ0) is 14.8. The third kappa shape index (κ3) is 3.60. The molecule has 1 saturated carbocycles. The van der Waals surface area contributed by atoms with E-state index >= 15 is 0 Å². The highest BCUT2D eigenvalue weighted by Gasteiger charge is 2.23. The van der Waals surface area contributed by atoms with Crippen LogP contribution in [0.15, 0.2) is 24.3 Å². The summed E-state index contributed by atoms with van der Waals surface area (Å²) >= 11 is 0. The number of amides is 1. The van der Waals surface area contributed by atoms with Crippen LogP contribution in [-0.4, -0.2) is 18.0 Å². The van der Waals surface area contributed by atoms with E-state index in [1.54, 1.807) is 0 Å². The van der Waals surface area contributed by atoms with E-state index in [4.69, 9.17) is 5.73 Å². The van der Waals surface area contributed by atoms with E-state index in [9.17, 15) is 4.79 Å². The first-order valence-electron chi connectivity index (χ1n) is 7.55. The van der Waals surface area contributed by atoms with Crippen LogP contribution >= 0.6 is 0 Å². The van der Waals surface area contributed by atoms with Crippen LogP contribution in [0.1, 0.15) is 62.4 Å². The van der Waals surface area contributed by atoms with Crippen molar-refractivity contribution in [2.75, 3.05) is 0 Å². The zero-order valence-electron chi connectivity index (χ0n) is 12.8. The van der Waals surface area contributed by atoms with Crippen molar-refractivity contribution < 1.29 is 4.79 Å². The molecule has 3 N–H and O–H groups in total. The van der Waals surface area contributed by atoms with Gasteiger partial charge in [0.1, 0.15) is 0 Å². The number of hydrogen-bond donors (Lipinski definition) is 2. The molecule has 2 rings (SSSR count). The first-order chi connectivity index (χ1) is 9.38. The normalized spacial score (nSPS) is 23.4. The molecule has 0 radical (unpaired) electrons. The molecule has 1 amide bonds. The van der Waals surface area contributed by atoms with Crippen molar-refractivity contribution in [2.45, 2.75) is 64.0 Å². The Morgan fingerprint density at radius 1 is 1.15 bits per heavy atom. The fourth-order valence-corrected chi connectivity index (χ4v) is 2.71. The maximum Gasteiger partial charge on any atom is 0.251 e. The van der Waals surface area contributed by atoms with E-state index < -0.39 is 0 Å². The quantitative estimate of drug-likeness (QED) is 0.871. The molecule has 0 spiro atoms. The van der Waals surface area contributed by atoms with Gasteiger partial charge in [0.15, 0.2) is 0 Å². The van der Waals surface area contributed by atoms with Crippen LogP contribution in [0.25, 0.3) is 0 Å². The monoisotopic (exact) mass is 274 g/mol. The van der Waals surface area contributed by atoms with Crippen LogP contribution in [-0.2, 0) is 5.41 Å². The molecule has 1 aromatic carbocycles. The largest absolute Gasteiger partial charge is 0.348 e. The van der Waals surface area contributed by atoms with Gasteiger partial charge in [0, 0.05) is 17.6 Å². The molecule has 110 valence electrons. The number of carbonyl (C=O) groups excluding carboxylic acids is 1. The Morgan fingerprint density at radius 3 is 2.30 bits per heavy atom. The summed E-state index contributed by atoms with van der Waals surface area (Å²) in [5.41, 5.74) is 8.14. The number of benzene rings is 1. The average molecular weight is 274 g/mol. The summed E-state index contributed by atoms with van der Waals surface area (Å²) in [7, 11) is 0. The molecule has 2 unspecified atom stereocenters. The van der Waals surface area contributed by atoms with Gasteiger partial charge in [-0.1, -0.05) is 45.7 Å². The van der Waals surface area contributed by atoms with Crippen LogP contribution in [0, 0.1) is 0 Å². The molecule has 1 fully saturated rings. The highest BCUT2D eigenvalue weighted by molar-refractivity contribution is 5.94. The van der Waals surface area contributed by atoms with Crippen molar-refractivity contribution in [3.63, 3.8) is 0 Å². The summed E-state index contributed by atoms with van der Waals surface area (Å²) in [5.74, 6) is -0.00666. The lowest BCUT2D eigenvalue weighted by atomic mass is 9.86. The number of hydrogen-bond acceptors (Lipinski definition) is 2. The van der Waals surface area contributed by atoms with Crippen LogP contribution in [0.2, 0.25) is 0 Å². The predicted octanol–water partition coefficient (Wildman–Crippen LogP) is 2.98.